The second-order valence-electron chi connectivity index (χ2n) is 6.30. The van der Waals surface area contributed by atoms with Gasteiger partial charge in [0.2, 0.25) is 11.8 Å². The molecule has 1 N–H and O–H groups in total. The Kier molecular flexibility index (Phi) is 2.83. The molecule has 18 heavy (non-hydrogen) atoms. The van der Waals surface area contributed by atoms with E-state index in [0.717, 1.165) is 25.3 Å². The highest BCUT2D eigenvalue weighted by atomic mass is 16.2. The number of amides is 2. The Hall–Kier alpha value is -1.06. The molecular formula is C14H22N2O2. The molecule has 3 fully saturated rings. The first-order valence-electron chi connectivity index (χ1n) is 7.18. The summed E-state index contributed by atoms with van der Waals surface area (Å²) in [7, 11) is 0. The highest BCUT2D eigenvalue weighted by molar-refractivity contribution is 5.97. The summed E-state index contributed by atoms with van der Waals surface area (Å²) in [6, 6.07) is -0.534. The van der Waals surface area contributed by atoms with Crippen LogP contribution in [0.3, 0.4) is 0 Å². The molecule has 2 amide bonds. The van der Waals surface area contributed by atoms with Gasteiger partial charge in [-0.1, -0.05) is 6.92 Å². The van der Waals surface area contributed by atoms with Crippen LogP contribution in [0.25, 0.3) is 0 Å². The quantitative estimate of drug-likeness (QED) is 0.814. The van der Waals surface area contributed by atoms with Gasteiger partial charge in [-0.3, -0.25) is 9.59 Å². The molecule has 100 valence electrons. The predicted molar refractivity (Wildman–Crippen MR) is 67.7 cm³/mol. The summed E-state index contributed by atoms with van der Waals surface area (Å²) >= 11 is 0. The van der Waals surface area contributed by atoms with Crippen LogP contribution in [0.15, 0.2) is 0 Å². The van der Waals surface area contributed by atoms with Gasteiger partial charge >= 0.3 is 0 Å². The first-order chi connectivity index (χ1) is 8.58. The topological polar surface area (TPSA) is 49.4 Å². The number of nitrogens with zero attached hydrogens (tertiary/aromatic N) is 1. The van der Waals surface area contributed by atoms with Gasteiger partial charge in [0.1, 0.15) is 12.1 Å². The van der Waals surface area contributed by atoms with Crippen LogP contribution < -0.4 is 5.32 Å². The van der Waals surface area contributed by atoms with Gasteiger partial charge in [-0.05, 0) is 50.4 Å². The van der Waals surface area contributed by atoms with Crippen LogP contribution in [0.2, 0.25) is 0 Å². The number of rotatable bonds is 4. The summed E-state index contributed by atoms with van der Waals surface area (Å²) in [6.07, 6.45) is 4.74. The van der Waals surface area contributed by atoms with E-state index in [1.807, 2.05) is 11.8 Å². The molecule has 2 saturated carbocycles. The number of hydrogen-bond acceptors (Lipinski definition) is 2. The molecule has 0 radical (unpaired) electrons. The molecule has 0 aromatic rings. The van der Waals surface area contributed by atoms with Crippen LogP contribution in [-0.4, -0.2) is 35.3 Å². The molecule has 4 nitrogen and oxygen atoms in total. The Morgan fingerprint density at radius 2 is 1.94 bits per heavy atom. The Balaban J connectivity index is 1.71. The van der Waals surface area contributed by atoms with Crippen LogP contribution in [0.4, 0.5) is 0 Å². The van der Waals surface area contributed by atoms with Crippen molar-refractivity contribution in [1.29, 1.82) is 0 Å². The van der Waals surface area contributed by atoms with Gasteiger partial charge in [0, 0.05) is 6.54 Å². The van der Waals surface area contributed by atoms with Crippen molar-refractivity contribution in [3.8, 4) is 0 Å². The van der Waals surface area contributed by atoms with Gasteiger partial charge in [0.05, 0.1) is 0 Å². The number of nitrogens with one attached hydrogen (secondary N) is 1. The van der Waals surface area contributed by atoms with Gasteiger partial charge in [0.25, 0.3) is 0 Å². The Labute approximate surface area is 108 Å². The van der Waals surface area contributed by atoms with Crippen LogP contribution in [-0.2, 0) is 9.59 Å². The molecule has 1 heterocycles. The lowest BCUT2D eigenvalue weighted by Crippen LogP contribution is -2.63. The molecule has 0 bridgehead atoms. The van der Waals surface area contributed by atoms with Crippen molar-refractivity contribution in [2.24, 2.45) is 17.8 Å². The summed E-state index contributed by atoms with van der Waals surface area (Å²) in [5.74, 6) is 1.87. The molecule has 0 spiro atoms. The SMILES string of the molecule is CC(CN1C(=O)C(C2CC2)NC(=O)C1C)C1CC1. The third-order valence-electron chi connectivity index (χ3n) is 4.70. The highest BCUT2D eigenvalue weighted by Gasteiger charge is 2.46. The highest BCUT2D eigenvalue weighted by Crippen LogP contribution is 2.38. The van der Waals surface area contributed by atoms with Crippen LogP contribution >= 0.6 is 0 Å². The van der Waals surface area contributed by atoms with Crippen molar-refractivity contribution in [1.82, 2.24) is 10.2 Å². The Morgan fingerprint density at radius 1 is 1.28 bits per heavy atom. The van der Waals surface area contributed by atoms with Crippen LogP contribution in [0.5, 0.6) is 0 Å². The van der Waals surface area contributed by atoms with Crippen molar-refractivity contribution in [2.45, 2.75) is 51.6 Å². The average molecular weight is 250 g/mol. The third-order valence-corrected chi connectivity index (χ3v) is 4.70. The van der Waals surface area contributed by atoms with E-state index in [1.54, 1.807) is 0 Å². The van der Waals surface area contributed by atoms with E-state index >= 15 is 0 Å². The van der Waals surface area contributed by atoms with E-state index < -0.39 is 0 Å². The van der Waals surface area contributed by atoms with E-state index in [1.165, 1.54) is 12.8 Å². The maximum atomic E-state index is 12.5. The molecule has 2 aliphatic carbocycles. The molecule has 0 aromatic carbocycles. The lowest BCUT2D eigenvalue weighted by Gasteiger charge is -2.39. The normalized spacial score (nSPS) is 34.4. The average Bonchev–Trinajstić information content (AvgIpc) is 3.17. The van der Waals surface area contributed by atoms with E-state index in [-0.39, 0.29) is 23.9 Å². The minimum atomic E-state index is -0.298. The lowest BCUT2D eigenvalue weighted by atomic mass is 10.00. The maximum Gasteiger partial charge on any atom is 0.246 e. The summed E-state index contributed by atoms with van der Waals surface area (Å²) in [6.45, 7) is 4.80. The van der Waals surface area contributed by atoms with Crippen LogP contribution in [0, 0.1) is 17.8 Å². The van der Waals surface area contributed by atoms with E-state index in [2.05, 4.69) is 12.2 Å². The molecule has 3 atom stereocenters. The fourth-order valence-corrected chi connectivity index (χ4v) is 2.97. The monoisotopic (exact) mass is 250 g/mol. The predicted octanol–water partition coefficient (Wildman–Crippen LogP) is 1.16. The van der Waals surface area contributed by atoms with E-state index in [0.29, 0.717) is 11.8 Å². The van der Waals surface area contributed by atoms with Crippen molar-refractivity contribution in [2.75, 3.05) is 6.54 Å². The summed E-state index contributed by atoms with van der Waals surface area (Å²) in [4.78, 5) is 26.2. The molecule has 4 heteroatoms. The molecule has 1 saturated heterocycles. The molecular weight excluding hydrogens is 228 g/mol. The molecule has 3 rings (SSSR count). The number of carbonyl (C=O) groups is 2. The number of piperazine rings is 1. The Morgan fingerprint density at radius 3 is 2.50 bits per heavy atom. The van der Waals surface area contributed by atoms with E-state index in [4.69, 9.17) is 0 Å². The first-order valence-corrected chi connectivity index (χ1v) is 7.18. The fourth-order valence-electron chi connectivity index (χ4n) is 2.97. The first kappa shape index (κ1) is 12.0. The van der Waals surface area contributed by atoms with Gasteiger partial charge < -0.3 is 10.2 Å². The molecule has 3 unspecified atom stereocenters. The second kappa shape index (κ2) is 4.25. The zero-order valence-corrected chi connectivity index (χ0v) is 11.2. The summed E-state index contributed by atoms with van der Waals surface area (Å²) in [5.41, 5.74) is 0. The molecule has 1 aliphatic heterocycles. The fraction of sp³-hybridized carbons (Fsp3) is 0.857. The minimum Gasteiger partial charge on any atom is -0.342 e. The summed E-state index contributed by atoms with van der Waals surface area (Å²) in [5, 5.41) is 2.90. The smallest absolute Gasteiger partial charge is 0.246 e. The zero-order chi connectivity index (χ0) is 12.9. The van der Waals surface area contributed by atoms with Gasteiger partial charge in [-0.25, -0.2) is 0 Å². The lowest BCUT2D eigenvalue weighted by molar-refractivity contribution is -0.150. The second-order valence-corrected chi connectivity index (χ2v) is 6.30. The van der Waals surface area contributed by atoms with Gasteiger partial charge in [-0.2, -0.15) is 0 Å². The van der Waals surface area contributed by atoms with Gasteiger partial charge in [-0.15, -0.1) is 0 Å². The third kappa shape index (κ3) is 2.13. The van der Waals surface area contributed by atoms with Crippen molar-refractivity contribution < 1.29 is 9.59 Å². The van der Waals surface area contributed by atoms with Crippen molar-refractivity contribution >= 4 is 11.8 Å². The van der Waals surface area contributed by atoms with Crippen LogP contribution in [0.1, 0.15) is 39.5 Å². The Bertz CT molecular complexity index is 374. The van der Waals surface area contributed by atoms with Crippen molar-refractivity contribution in [3.05, 3.63) is 0 Å². The standard InChI is InChI=1S/C14H22N2O2/c1-8(10-3-4-10)7-16-9(2)13(17)15-12(14(16)18)11-5-6-11/h8-12H,3-7H2,1-2H3,(H,15,17). The number of hydrogen-bond donors (Lipinski definition) is 1. The molecule has 0 aromatic heterocycles. The molecule has 3 aliphatic rings. The largest absolute Gasteiger partial charge is 0.342 e. The van der Waals surface area contributed by atoms with Crippen molar-refractivity contribution in [3.63, 3.8) is 0 Å². The summed E-state index contributed by atoms with van der Waals surface area (Å²) < 4.78 is 0. The number of carbonyl (C=O) groups excluding carboxylic acids is 2. The maximum absolute atomic E-state index is 12.5. The minimum absolute atomic E-state index is 0.0227. The van der Waals surface area contributed by atoms with Gasteiger partial charge in [0.15, 0.2) is 0 Å². The zero-order valence-electron chi connectivity index (χ0n) is 11.2. The van der Waals surface area contributed by atoms with E-state index in [9.17, 15) is 9.59 Å².